The van der Waals surface area contributed by atoms with Crippen LogP contribution in [-0.2, 0) is 20.0 Å². The first kappa shape index (κ1) is 25.7. The van der Waals surface area contributed by atoms with Crippen LogP contribution in [0, 0.1) is 0 Å². The lowest BCUT2D eigenvalue weighted by Gasteiger charge is -2.26. The summed E-state index contributed by atoms with van der Waals surface area (Å²) in [6.45, 7) is 4.96. The Morgan fingerprint density at radius 3 is 1.40 bits per heavy atom. The molecule has 0 heterocycles. The molecule has 2 aromatic carbocycles. The monoisotopic (exact) mass is 532 g/mol. The number of likely N-dealkylation sites (N-methyl/N-ethyl adjacent to an activating group) is 1. The molecule has 0 radical (unpaired) electrons. The third-order valence-corrected chi connectivity index (χ3v) is 10.2. The molecule has 0 saturated carbocycles. The molecule has 2 aromatic rings. The Bertz CT molecular complexity index is 1040. The van der Waals surface area contributed by atoms with Crippen molar-refractivity contribution in [1.29, 1.82) is 0 Å². The second-order valence-electron chi connectivity index (χ2n) is 6.19. The maximum absolute atomic E-state index is 13.3. The van der Waals surface area contributed by atoms with E-state index in [4.69, 9.17) is 46.4 Å². The minimum atomic E-state index is -4.48. The second kappa shape index (κ2) is 10.4. The molecule has 0 spiro atoms. The van der Waals surface area contributed by atoms with Gasteiger partial charge in [-0.1, -0.05) is 64.0 Å². The zero-order valence-corrected chi connectivity index (χ0v) is 20.8. The van der Waals surface area contributed by atoms with Crippen LogP contribution in [0.25, 0.3) is 0 Å². The van der Waals surface area contributed by atoms with Crippen molar-refractivity contribution in [2.45, 2.75) is 23.6 Å². The van der Waals surface area contributed by atoms with Crippen LogP contribution in [0.3, 0.4) is 0 Å². The van der Waals surface area contributed by atoms with Gasteiger partial charge in [0.05, 0.1) is 29.9 Å². The van der Waals surface area contributed by atoms with E-state index in [1.54, 1.807) is 0 Å². The van der Waals surface area contributed by atoms with E-state index in [9.17, 15) is 16.8 Å². The predicted molar refractivity (Wildman–Crippen MR) is 122 cm³/mol. The summed E-state index contributed by atoms with van der Waals surface area (Å²) in [4.78, 5) is 1.32. The molecule has 12 heteroatoms. The van der Waals surface area contributed by atoms with Crippen molar-refractivity contribution < 1.29 is 16.8 Å². The molecule has 0 unspecified atom stereocenters. The largest absolute Gasteiger partial charge is 0.303 e. The Morgan fingerprint density at radius 1 is 0.667 bits per heavy atom. The highest BCUT2D eigenvalue weighted by Crippen LogP contribution is 2.31. The van der Waals surface area contributed by atoms with Crippen LogP contribution in [0.1, 0.15) is 13.8 Å². The first-order valence-electron chi connectivity index (χ1n) is 8.85. The summed E-state index contributed by atoms with van der Waals surface area (Å²) in [6, 6.07) is 7.24. The molecule has 0 amide bonds. The van der Waals surface area contributed by atoms with Crippen molar-refractivity contribution in [3.05, 3.63) is 56.5 Å². The Labute approximate surface area is 197 Å². The smallest absolute Gasteiger partial charge is 0.256 e. The average Bonchev–Trinajstić information content (AvgIpc) is 2.68. The van der Waals surface area contributed by atoms with Gasteiger partial charge in [0.15, 0.2) is 0 Å². The number of hydrogen-bond donors (Lipinski definition) is 0. The van der Waals surface area contributed by atoms with E-state index in [1.807, 2.05) is 18.7 Å². The molecule has 2 rings (SSSR count). The number of halogens is 4. The van der Waals surface area contributed by atoms with Crippen LogP contribution in [0.2, 0.25) is 20.1 Å². The molecule has 0 aliphatic rings. The van der Waals surface area contributed by atoms with Crippen molar-refractivity contribution in [1.82, 2.24) is 8.61 Å². The lowest BCUT2D eigenvalue weighted by Crippen LogP contribution is -2.42. The quantitative estimate of drug-likeness (QED) is 0.452. The number of sulfonamides is 2. The van der Waals surface area contributed by atoms with Crippen molar-refractivity contribution in [3.8, 4) is 0 Å². The zero-order valence-electron chi connectivity index (χ0n) is 16.1. The Hall–Kier alpha value is -0.580. The zero-order chi connectivity index (χ0) is 22.7. The molecule has 0 saturated heterocycles. The lowest BCUT2D eigenvalue weighted by molar-refractivity contribution is 0.294. The van der Waals surface area contributed by atoms with Crippen LogP contribution >= 0.6 is 46.4 Å². The van der Waals surface area contributed by atoms with Gasteiger partial charge in [0.1, 0.15) is 0 Å². The summed E-state index contributed by atoms with van der Waals surface area (Å²) >= 11 is 23.7. The highest BCUT2D eigenvalue weighted by atomic mass is 35.5. The standard InChI is InChI=1S/C18H20Cl4N2O4S2/c1-3-23(4-2)9-10-24(29(25,26)13-5-7-15(19)17(21)11-13)30(27,28)14-6-8-16(20)18(22)12-14/h5-8,11-12H,3-4,9-10H2,1-2H3. The van der Waals surface area contributed by atoms with Gasteiger partial charge in [-0.2, -0.15) is 0 Å². The fourth-order valence-electron chi connectivity index (χ4n) is 2.64. The molecule has 0 fully saturated rings. The van der Waals surface area contributed by atoms with Gasteiger partial charge in [-0.15, -0.1) is 0 Å². The molecule has 6 nitrogen and oxygen atoms in total. The van der Waals surface area contributed by atoms with E-state index in [1.165, 1.54) is 24.3 Å². The molecule has 0 bridgehead atoms. The predicted octanol–water partition coefficient (Wildman–Crippen LogP) is 5.02. The fourth-order valence-corrected chi connectivity index (χ4v) is 7.05. The first-order valence-corrected chi connectivity index (χ1v) is 13.2. The number of benzene rings is 2. The SMILES string of the molecule is CCN(CC)CCN(S(=O)(=O)c1ccc(Cl)c(Cl)c1)S(=O)(=O)c1ccc(Cl)c(Cl)c1. The molecule has 30 heavy (non-hydrogen) atoms. The van der Waals surface area contributed by atoms with Crippen LogP contribution < -0.4 is 0 Å². The molecule has 0 aromatic heterocycles. The van der Waals surface area contributed by atoms with Crippen molar-refractivity contribution in [2.75, 3.05) is 26.2 Å². The summed E-state index contributed by atoms with van der Waals surface area (Å²) in [5.74, 6) is 0. The van der Waals surface area contributed by atoms with E-state index in [-0.39, 0.29) is 43.0 Å². The van der Waals surface area contributed by atoms with Gasteiger partial charge in [-0.3, -0.25) is 0 Å². The maximum Gasteiger partial charge on any atom is 0.256 e. The average molecular weight is 534 g/mol. The van der Waals surface area contributed by atoms with Crippen molar-refractivity contribution in [3.63, 3.8) is 0 Å². The highest BCUT2D eigenvalue weighted by Gasteiger charge is 2.37. The van der Waals surface area contributed by atoms with E-state index in [0.717, 1.165) is 12.1 Å². The van der Waals surface area contributed by atoms with Gasteiger partial charge in [-0.25, -0.2) is 16.8 Å². The molecular weight excluding hydrogens is 514 g/mol. The fraction of sp³-hybridized carbons (Fsp3) is 0.333. The molecule has 166 valence electrons. The number of nitrogens with zero attached hydrogens (tertiary/aromatic N) is 2. The van der Waals surface area contributed by atoms with Gasteiger partial charge >= 0.3 is 0 Å². The van der Waals surface area contributed by atoms with Gasteiger partial charge in [0, 0.05) is 13.1 Å². The normalized spacial score (nSPS) is 12.7. The first-order chi connectivity index (χ1) is 13.9. The molecule has 0 aliphatic heterocycles. The summed E-state index contributed by atoms with van der Waals surface area (Å²) < 4.78 is 53.8. The van der Waals surface area contributed by atoms with Gasteiger partial charge < -0.3 is 4.90 Å². The lowest BCUT2D eigenvalue weighted by atomic mass is 10.4. The number of rotatable bonds is 9. The Balaban J connectivity index is 2.60. The van der Waals surface area contributed by atoms with Gasteiger partial charge in [0.2, 0.25) is 0 Å². The van der Waals surface area contributed by atoms with E-state index < -0.39 is 20.0 Å². The Kier molecular flexibility index (Phi) is 8.87. The molecular formula is C18H20Cl4N2O4S2. The molecule has 0 N–H and O–H groups in total. The Morgan fingerprint density at radius 2 is 1.07 bits per heavy atom. The number of hydrogen-bond acceptors (Lipinski definition) is 5. The van der Waals surface area contributed by atoms with E-state index in [2.05, 4.69) is 0 Å². The van der Waals surface area contributed by atoms with Crippen molar-refractivity contribution >= 4 is 66.5 Å². The van der Waals surface area contributed by atoms with Crippen LogP contribution in [0.4, 0.5) is 0 Å². The van der Waals surface area contributed by atoms with Crippen LogP contribution in [0.5, 0.6) is 0 Å². The summed E-state index contributed by atoms with van der Waals surface area (Å²) in [5, 5.41) is 0.289. The van der Waals surface area contributed by atoms with Gasteiger partial charge in [-0.05, 0) is 49.5 Å². The van der Waals surface area contributed by atoms with Crippen molar-refractivity contribution in [2.24, 2.45) is 0 Å². The minimum absolute atomic E-state index is 0.00614. The van der Waals surface area contributed by atoms with E-state index in [0.29, 0.717) is 16.8 Å². The maximum atomic E-state index is 13.3. The third kappa shape index (κ3) is 5.61. The summed E-state index contributed by atoms with van der Waals surface area (Å²) in [5.41, 5.74) is 0. The van der Waals surface area contributed by atoms with Crippen LogP contribution in [0.15, 0.2) is 46.2 Å². The van der Waals surface area contributed by atoms with Crippen LogP contribution in [-0.4, -0.2) is 51.6 Å². The van der Waals surface area contributed by atoms with Gasteiger partial charge in [0.25, 0.3) is 20.0 Å². The molecule has 0 aliphatic carbocycles. The minimum Gasteiger partial charge on any atom is -0.303 e. The molecule has 0 atom stereocenters. The third-order valence-electron chi connectivity index (χ3n) is 4.41. The summed E-state index contributed by atoms with van der Waals surface area (Å²) in [7, 11) is -8.96. The highest BCUT2D eigenvalue weighted by molar-refractivity contribution is 8.04. The second-order valence-corrected chi connectivity index (χ2v) is 11.8. The van der Waals surface area contributed by atoms with E-state index >= 15 is 0 Å². The summed E-state index contributed by atoms with van der Waals surface area (Å²) in [6.07, 6.45) is 0. The topological polar surface area (TPSA) is 74.8 Å².